The van der Waals surface area contributed by atoms with Crippen LogP contribution in [0.1, 0.15) is 67.4 Å². The molecule has 0 bridgehead atoms. The Hall–Kier alpha value is -2.29. The van der Waals surface area contributed by atoms with Crippen LogP contribution in [-0.4, -0.2) is 51.8 Å². The van der Waals surface area contributed by atoms with Gasteiger partial charge < -0.3 is 14.8 Å². The number of amides is 2. The number of carbonyl (C=O) groups excluding carboxylic acids is 2. The van der Waals surface area contributed by atoms with Gasteiger partial charge in [-0.25, -0.2) is 0 Å². The maximum atomic E-state index is 13.3. The molecular formula is C20H26N4O2. The molecule has 0 spiro atoms. The zero-order valence-electron chi connectivity index (χ0n) is 15.1. The molecule has 1 N–H and O–H groups in total. The summed E-state index contributed by atoms with van der Waals surface area (Å²) in [6, 6.07) is 3.62. The van der Waals surface area contributed by atoms with Gasteiger partial charge in [0.1, 0.15) is 17.8 Å². The number of aromatic nitrogens is 1. The molecule has 1 unspecified atom stereocenters. The average molecular weight is 354 g/mol. The van der Waals surface area contributed by atoms with Gasteiger partial charge in [-0.2, -0.15) is 5.26 Å². The van der Waals surface area contributed by atoms with Gasteiger partial charge in [-0.15, -0.1) is 0 Å². The Kier molecular flexibility index (Phi) is 4.71. The molecule has 26 heavy (non-hydrogen) atoms. The summed E-state index contributed by atoms with van der Waals surface area (Å²) in [6.07, 6.45) is 10.4. The number of nitrogens with zero attached hydrogens (tertiary/aromatic N) is 3. The molecule has 1 aromatic heterocycles. The lowest BCUT2D eigenvalue weighted by Crippen LogP contribution is -2.50. The van der Waals surface area contributed by atoms with Crippen molar-refractivity contribution in [2.75, 3.05) is 13.1 Å². The highest BCUT2D eigenvalue weighted by atomic mass is 16.2. The van der Waals surface area contributed by atoms with Crippen molar-refractivity contribution in [3.8, 4) is 6.07 Å². The summed E-state index contributed by atoms with van der Waals surface area (Å²) in [4.78, 5) is 32.8. The van der Waals surface area contributed by atoms with E-state index in [9.17, 15) is 9.59 Å². The Bertz CT molecular complexity index is 728. The molecule has 1 aromatic rings. The Morgan fingerprint density at radius 1 is 1.04 bits per heavy atom. The standard InChI is InChI=1S/C20H26N4O2/c21-12-14-11-16(22-13-14)19(25)24-10-4-8-18(24)20(26)23-9-3-7-17(23)15-5-1-2-6-15/h11,13,15,17-18,22H,1-10H2/t17?,18-/m0/s1. The largest absolute Gasteiger partial charge is 0.356 e. The van der Waals surface area contributed by atoms with Gasteiger partial charge in [-0.05, 0) is 50.5 Å². The van der Waals surface area contributed by atoms with Crippen molar-refractivity contribution in [3.63, 3.8) is 0 Å². The van der Waals surface area contributed by atoms with Crippen LogP contribution in [0.15, 0.2) is 12.3 Å². The van der Waals surface area contributed by atoms with E-state index in [1.165, 1.54) is 31.9 Å². The van der Waals surface area contributed by atoms with Gasteiger partial charge >= 0.3 is 0 Å². The van der Waals surface area contributed by atoms with Crippen LogP contribution in [-0.2, 0) is 4.79 Å². The van der Waals surface area contributed by atoms with E-state index < -0.39 is 0 Å². The predicted molar refractivity (Wildman–Crippen MR) is 96.3 cm³/mol. The number of likely N-dealkylation sites (tertiary alicyclic amines) is 2. The number of nitriles is 1. The maximum absolute atomic E-state index is 13.3. The van der Waals surface area contributed by atoms with E-state index in [0.717, 1.165) is 32.2 Å². The highest BCUT2D eigenvalue weighted by Gasteiger charge is 2.42. The summed E-state index contributed by atoms with van der Waals surface area (Å²) >= 11 is 0. The van der Waals surface area contributed by atoms with E-state index in [1.807, 2.05) is 6.07 Å². The van der Waals surface area contributed by atoms with Crippen LogP contribution in [0.5, 0.6) is 0 Å². The maximum Gasteiger partial charge on any atom is 0.270 e. The summed E-state index contributed by atoms with van der Waals surface area (Å²) in [7, 11) is 0. The summed E-state index contributed by atoms with van der Waals surface area (Å²) < 4.78 is 0. The number of hydrogen-bond donors (Lipinski definition) is 1. The second-order valence-corrected chi connectivity index (χ2v) is 7.86. The molecule has 2 aliphatic heterocycles. The highest BCUT2D eigenvalue weighted by Crippen LogP contribution is 2.36. The highest BCUT2D eigenvalue weighted by molar-refractivity contribution is 5.97. The molecule has 0 radical (unpaired) electrons. The molecule has 1 aliphatic carbocycles. The minimum Gasteiger partial charge on any atom is -0.356 e. The summed E-state index contributed by atoms with van der Waals surface area (Å²) in [5.74, 6) is 0.616. The van der Waals surface area contributed by atoms with Crippen molar-refractivity contribution in [3.05, 3.63) is 23.5 Å². The smallest absolute Gasteiger partial charge is 0.270 e. The molecule has 2 saturated heterocycles. The molecule has 2 amide bonds. The van der Waals surface area contributed by atoms with Gasteiger partial charge in [-0.1, -0.05) is 12.8 Å². The molecule has 6 heteroatoms. The molecule has 6 nitrogen and oxygen atoms in total. The van der Waals surface area contributed by atoms with Gasteiger partial charge in [0, 0.05) is 25.3 Å². The van der Waals surface area contributed by atoms with Crippen molar-refractivity contribution in [2.45, 2.75) is 63.5 Å². The molecule has 0 aromatic carbocycles. The Morgan fingerprint density at radius 2 is 1.77 bits per heavy atom. The lowest BCUT2D eigenvalue weighted by atomic mass is 9.95. The van der Waals surface area contributed by atoms with E-state index in [4.69, 9.17) is 5.26 Å². The van der Waals surface area contributed by atoms with E-state index in [1.54, 1.807) is 11.0 Å². The van der Waals surface area contributed by atoms with Crippen LogP contribution >= 0.6 is 0 Å². The molecule has 3 aliphatic rings. The van der Waals surface area contributed by atoms with Crippen molar-refractivity contribution < 1.29 is 9.59 Å². The molecule has 138 valence electrons. The first-order valence-corrected chi connectivity index (χ1v) is 9.89. The van der Waals surface area contributed by atoms with Crippen molar-refractivity contribution >= 4 is 11.8 Å². The number of aromatic amines is 1. The number of rotatable bonds is 3. The van der Waals surface area contributed by atoms with Gasteiger partial charge in [-0.3, -0.25) is 9.59 Å². The zero-order valence-corrected chi connectivity index (χ0v) is 15.1. The first-order chi connectivity index (χ1) is 12.7. The summed E-state index contributed by atoms with van der Waals surface area (Å²) in [5.41, 5.74) is 0.839. The molecule has 3 heterocycles. The minimum absolute atomic E-state index is 0.136. The fourth-order valence-corrected chi connectivity index (χ4v) is 5.09. The first kappa shape index (κ1) is 17.1. The van der Waals surface area contributed by atoms with Crippen LogP contribution in [0, 0.1) is 17.2 Å². The van der Waals surface area contributed by atoms with Crippen molar-refractivity contribution in [2.24, 2.45) is 5.92 Å². The van der Waals surface area contributed by atoms with Crippen LogP contribution in [0.25, 0.3) is 0 Å². The topological polar surface area (TPSA) is 80.2 Å². The van der Waals surface area contributed by atoms with E-state index >= 15 is 0 Å². The van der Waals surface area contributed by atoms with Crippen molar-refractivity contribution in [1.29, 1.82) is 5.26 Å². The molecule has 3 fully saturated rings. The van der Waals surface area contributed by atoms with E-state index in [2.05, 4.69) is 9.88 Å². The summed E-state index contributed by atoms with van der Waals surface area (Å²) in [5, 5.41) is 8.96. The Morgan fingerprint density at radius 3 is 2.50 bits per heavy atom. The molecule has 1 saturated carbocycles. The number of hydrogen-bond acceptors (Lipinski definition) is 3. The van der Waals surface area contributed by atoms with Gasteiger partial charge in [0.15, 0.2) is 0 Å². The lowest BCUT2D eigenvalue weighted by Gasteiger charge is -2.34. The Labute approximate surface area is 154 Å². The lowest BCUT2D eigenvalue weighted by molar-refractivity contribution is -0.137. The fourth-order valence-electron chi connectivity index (χ4n) is 5.09. The average Bonchev–Trinajstić information content (AvgIpc) is 3.46. The molecular weight excluding hydrogens is 328 g/mol. The van der Waals surface area contributed by atoms with E-state index in [-0.39, 0.29) is 17.9 Å². The third-order valence-electron chi connectivity index (χ3n) is 6.37. The number of H-pyrrole nitrogens is 1. The van der Waals surface area contributed by atoms with Gasteiger partial charge in [0.2, 0.25) is 5.91 Å². The quantitative estimate of drug-likeness (QED) is 0.906. The third-order valence-corrected chi connectivity index (χ3v) is 6.37. The van der Waals surface area contributed by atoms with Crippen molar-refractivity contribution in [1.82, 2.24) is 14.8 Å². The predicted octanol–water partition coefficient (Wildman–Crippen LogP) is 2.67. The van der Waals surface area contributed by atoms with Gasteiger partial charge in [0.25, 0.3) is 5.91 Å². The fraction of sp³-hybridized carbons (Fsp3) is 0.650. The molecule has 4 rings (SSSR count). The number of nitrogens with one attached hydrogen (secondary N) is 1. The van der Waals surface area contributed by atoms with Crippen LogP contribution < -0.4 is 0 Å². The second kappa shape index (κ2) is 7.14. The number of carbonyl (C=O) groups is 2. The van der Waals surface area contributed by atoms with Crippen LogP contribution in [0.4, 0.5) is 0 Å². The van der Waals surface area contributed by atoms with Crippen LogP contribution in [0.2, 0.25) is 0 Å². The SMILES string of the molecule is N#Cc1c[nH]c(C(=O)N2CCC[C@H]2C(=O)N2CCCC2C2CCCC2)c1. The third kappa shape index (κ3) is 3.00. The Balaban J connectivity index is 1.49. The first-order valence-electron chi connectivity index (χ1n) is 9.89. The minimum atomic E-state index is -0.349. The zero-order chi connectivity index (χ0) is 18.1. The summed E-state index contributed by atoms with van der Waals surface area (Å²) in [6.45, 7) is 1.44. The van der Waals surface area contributed by atoms with E-state index in [0.29, 0.717) is 29.8 Å². The molecule has 2 atom stereocenters. The normalized spacial score (nSPS) is 26.4. The van der Waals surface area contributed by atoms with Crippen LogP contribution in [0.3, 0.4) is 0 Å². The second-order valence-electron chi connectivity index (χ2n) is 7.86. The van der Waals surface area contributed by atoms with Gasteiger partial charge in [0.05, 0.1) is 5.56 Å². The monoisotopic (exact) mass is 354 g/mol.